The number of hydrogen-bond acceptors (Lipinski definition) is 3. The zero-order valence-corrected chi connectivity index (χ0v) is 9.51. The van der Waals surface area contributed by atoms with Crippen LogP contribution in [-0.4, -0.2) is 49.2 Å². The molecule has 0 aromatic rings. The fourth-order valence-corrected chi connectivity index (χ4v) is 5.54. The Morgan fingerprint density at radius 1 is 0.692 bits per heavy atom. The Labute approximate surface area is 86.1 Å². The van der Waals surface area contributed by atoms with Gasteiger partial charge in [0.15, 0.2) is 23.0 Å². The molecule has 2 N–H and O–H groups in total. The van der Waals surface area contributed by atoms with Crippen molar-refractivity contribution >= 4 is 22.4 Å². The summed E-state index contributed by atoms with van der Waals surface area (Å²) in [4.78, 5) is 0. The van der Waals surface area contributed by atoms with E-state index in [0.29, 0.717) is 0 Å². The molecule has 0 saturated carbocycles. The molecule has 0 aromatic carbocycles. The highest BCUT2D eigenvalue weighted by Gasteiger charge is 2.36. The fraction of sp³-hybridized carbons (Fsp3) is 1.00. The standard InChI is InChI=1S/C8H18N2OS2/c1-5-12(6-2-9-1)11-13-7-3-10-4-8-13/h9-10H,1-8H2/q+2. The fourth-order valence-electron chi connectivity index (χ4n) is 1.47. The zero-order chi connectivity index (χ0) is 8.93. The largest absolute Gasteiger partial charge is 0.307 e. The average Bonchev–Trinajstić information content (AvgIpc) is 2.21. The first-order chi connectivity index (χ1) is 6.45. The summed E-state index contributed by atoms with van der Waals surface area (Å²) in [6, 6.07) is 0. The van der Waals surface area contributed by atoms with Crippen molar-refractivity contribution in [3.63, 3.8) is 0 Å². The molecule has 0 atom stereocenters. The molecule has 0 amide bonds. The Morgan fingerprint density at radius 3 is 1.46 bits per heavy atom. The van der Waals surface area contributed by atoms with Crippen molar-refractivity contribution in [3.8, 4) is 0 Å². The summed E-state index contributed by atoms with van der Waals surface area (Å²) in [6.45, 7) is 4.61. The molecule has 0 aromatic heterocycles. The molecule has 2 rings (SSSR count). The SMILES string of the molecule is C1C[S+](O[S+]2CCNCC2)CCN1. The Morgan fingerprint density at radius 2 is 1.08 bits per heavy atom. The van der Waals surface area contributed by atoms with Gasteiger partial charge >= 0.3 is 0 Å². The minimum absolute atomic E-state index is 0.280. The van der Waals surface area contributed by atoms with Crippen molar-refractivity contribution in [2.24, 2.45) is 0 Å². The Bertz CT molecular complexity index is 131. The first-order valence-corrected chi connectivity index (χ1v) is 7.88. The van der Waals surface area contributed by atoms with Crippen LogP contribution in [-0.2, 0) is 26.0 Å². The normalized spacial score (nSPS) is 27.7. The molecule has 0 unspecified atom stereocenters. The van der Waals surface area contributed by atoms with Crippen molar-refractivity contribution in [1.82, 2.24) is 10.6 Å². The van der Waals surface area contributed by atoms with E-state index in [4.69, 9.17) is 3.63 Å². The van der Waals surface area contributed by atoms with Gasteiger partial charge in [0.1, 0.15) is 0 Å². The van der Waals surface area contributed by atoms with E-state index in [9.17, 15) is 0 Å². The summed E-state index contributed by atoms with van der Waals surface area (Å²) in [5.41, 5.74) is 0. The molecule has 0 aliphatic carbocycles. The third-order valence-corrected chi connectivity index (χ3v) is 6.40. The quantitative estimate of drug-likeness (QED) is 0.605. The number of rotatable bonds is 2. The predicted octanol–water partition coefficient (Wildman–Crippen LogP) is -0.724. The first-order valence-electron chi connectivity index (χ1n) is 4.90. The van der Waals surface area contributed by atoms with Crippen LogP contribution in [0.5, 0.6) is 0 Å². The molecule has 0 radical (unpaired) electrons. The molecular formula is C8H18N2OS2+2. The van der Waals surface area contributed by atoms with Gasteiger partial charge in [-0.05, 0) is 0 Å². The van der Waals surface area contributed by atoms with Crippen LogP contribution in [0.2, 0.25) is 0 Å². The second-order valence-corrected chi connectivity index (χ2v) is 7.20. The molecule has 2 heterocycles. The lowest BCUT2D eigenvalue weighted by atomic mass is 10.6. The highest BCUT2D eigenvalue weighted by atomic mass is 32.3. The van der Waals surface area contributed by atoms with Gasteiger partial charge in [0.25, 0.3) is 0 Å². The van der Waals surface area contributed by atoms with Gasteiger partial charge in [-0.3, -0.25) is 0 Å². The molecule has 0 spiro atoms. The molecular weight excluding hydrogens is 204 g/mol. The highest BCUT2D eigenvalue weighted by Crippen LogP contribution is 2.11. The van der Waals surface area contributed by atoms with Crippen molar-refractivity contribution in [3.05, 3.63) is 0 Å². The zero-order valence-electron chi connectivity index (χ0n) is 7.88. The molecule has 76 valence electrons. The predicted molar refractivity (Wildman–Crippen MR) is 61.0 cm³/mol. The van der Waals surface area contributed by atoms with Crippen LogP contribution in [0, 0.1) is 0 Å². The van der Waals surface area contributed by atoms with Crippen LogP contribution in [0.3, 0.4) is 0 Å². The maximum absolute atomic E-state index is 6.11. The highest BCUT2D eigenvalue weighted by molar-refractivity contribution is 8.05. The summed E-state index contributed by atoms with van der Waals surface area (Å²) < 4.78 is 6.11. The number of nitrogens with one attached hydrogen (secondary N) is 2. The van der Waals surface area contributed by atoms with Crippen molar-refractivity contribution in [2.75, 3.05) is 49.2 Å². The summed E-state index contributed by atoms with van der Waals surface area (Å²) in [7, 11) is 0. The summed E-state index contributed by atoms with van der Waals surface area (Å²) in [5.74, 6) is 4.93. The summed E-state index contributed by atoms with van der Waals surface area (Å²) in [5, 5.41) is 6.74. The van der Waals surface area contributed by atoms with E-state index in [1.807, 2.05) is 0 Å². The van der Waals surface area contributed by atoms with Crippen LogP contribution in [0.15, 0.2) is 0 Å². The van der Waals surface area contributed by atoms with E-state index in [-0.39, 0.29) is 22.4 Å². The van der Waals surface area contributed by atoms with Gasteiger partial charge in [-0.2, -0.15) is 0 Å². The van der Waals surface area contributed by atoms with Crippen LogP contribution < -0.4 is 10.6 Å². The van der Waals surface area contributed by atoms with Crippen molar-refractivity contribution in [1.29, 1.82) is 0 Å². The maximum Gasteiger partial charge on any atom is 0.210 e. The lowest BCUT2D eigenvalue weighted by molar-refractivity contribution is 0.639. The molecule has 3 nitrogen and oxygen atoms in total. The second-order valence-electron chi connectivity index (χ2n) is 3.26. The number of hydrogen-bond donors (Lipinski definition) is 2. The summed E-state index contributed by atoms with van der Waals surface area (Å²) in [6.07, 6.45) is 0. The lowest BCUT2D eigenvalue weighted by Crippen LogP contribution is -2.42. The van der Waals surface area contributed by atoms with Gasteiger partial charge in [-0.1, -0.05) is 0 Å². The molecule has 2 aliphatic heterocycles. The molecule has 2 saturated heterocycles. The van der Waals surface area contributed by atoms with Crippen LogP contribution in [0.25, 0.3) is 0 Å². The van der Waals surface area contributed by atoms with Gasteiger partial charge in [0, 0.05) is 29.8 Å². The molecule has 13 heavy (non-hydrogen) atoms. The van der Waals surface area contributed by atoms with E-state index in [1.165, 1.54) is 23.0 Å². The molecule has 2 fully saturated rings. The van der Waals surface area contributed by atoms with Crippen molar-refractivity contribution in [2.45, 2.75) is 0 Å². The van der Waals surface area contributed by atoms with Crippen molar-refractivity contribution < 1.29 is 3.63 Å². The van der Waals surface area contributed by atoms with Gasteiger partial charge in [-0.25, -0.2) is 0 Å². The van der Waals surface area contributed by atoms with Gasteiger partial charge in [0.05, 0.1) is 0 Å². The van der Waals surface area contributed by atoms with Gasteiger partial charge in [0.2, 0.25) is 22.4 Å². The Balaban J connectivity index is 1.69. The maximum atomic E-state index is 6.11. The molecule has 5 heteroatoms. The molecule has 2 aliphatic rings. The minimum atomic E-state index is 0.280. The first kappa shape index (κ1) is 10.1. The van der Waals surface area contributed by atoms with E-state index >= 15 is 0 Å². The monoisotopic (exact) mass is 222 g/mol. The summed E-state index contributed by atoms with van der Waals surface area (Å²) >= 11 is 0.560. The van der Waals surface area contributed by atoms with E-state index < -0.39 is 0 Å². The van der Waals surface area contributed by atoms with E-state index in [1.54, 1.807) is 0 Å². The van der Waals surface area contributed by atoms with Gasteiger partial charge in [-0.15, -0.1) is 0 Å². The minimum Gasteiger partial charge on any atom is -0.307 e. The van der Waals surface area contributed by atoms with E-state index in [2.05, 4.69) is 10.6 Å². The van der Waals surface area contributed by atoms with E-state index in [0.717, 1.165) is 26.2 Å². The average molecular weight is 222 g/mol. The third kappa shape index (κ3) is 3.32. The Hall–Kier alpha value is 0.580. The van der Waals surface area contributed by atoms with Crippen LogP contribution >= 0.6 is 0 Å². The van der Waals surface area contributed by atoms with Crippen LogP contribution in [0.1, 0.15) is 0 Å². The smallest absolute Gasteiger partial charge is 0.210 e. The Kier molecular flexibility index (Phi) is 4.24. The third-order valence-electron chi connectivity index (χ3n) is 2.22. The second kappa shape index (κ2) is 5.46. The molecule has 0 bridgehead atoms. The van der Waals surface area contributed by atoms with Gasteiger partial charge < -0.3 is 10.6 Å². The lowest BCUT2D eigenvalue weighted by Gasteiger charge is -2.14. The van der Waals surface area contributed by atoms with Crippen LogP contribution in [0.4, 0.5) is 0 Å². The topological polar surface area (TPSA) is 33.3 Å².